The zero-order valence-electron chi connectivity index (χ0n) is 9.70. The molecular formula is C10H25N3. The minimum atomic E-state index is 0.212. The highest BCUT2D eigenvalue weighted by Crippen LogP contribution is 2.13. The second-order valence-electron chi connectivity index (χ2n) is 4.22. The standard InChI is InChI=1S/C10H25N3/c1-6-7-9(13-12-5)8-10(2,3)11-4/h9,11-13H,6-8H2,1-5H3. The number of hydrogen-bond donors (Lipinski definition) is 3. The number of hydrazine groups is 1. The van der Waals surface area contributed by atoms with E-state index in [1.165, 1.54) is 12.8 Å². The van der Waals surface area contributed by atoms with Crippen LogP contribution in [0.2, 0.25) is 0 Å². The van der Waals surface area contributed by atoms with Crippen LogP contribution >= 0.6 is 0 Å². The van der Waals surface area contributed by atoms with E-state index >= 15 is 0 Å². The van der Waals surface area contributed by atoms with Crippen LogP contribution in [0.5, 0.6) is 0 Å². The first-order valence-electron chi connectivity index (χ1n) is 5.17. The van der Waals surface area contributed by atoms with E-state index in [2.05, 4.69) is 36.9 Å². The molecule has 1 unspecified atom stereocenters. The fraction of sp³-hybridized carbons (Fsp3) is 1.00. The topological polar surface area (TPSA) is 36.1 Å². The normalized spacial score (nSPS) is 14.5. The lowest BCUT2D eigenvalue weighted by atomic mass is 9.93. The molecule has 0 saturated carbocycles. The maximum Gasteiger partial charge on any atom is 0.0230 e. The van der Waals surface area contributed by atoms with Gasteiger partial charge in [0.15, 0.2) is 0 Å². The molecule has 3 heteroatoms. The minimum Gasteiger partial charge on any atom is -0.315 e. The fourth-order valence-electron chi connectivity index (χ4n) is 1.50. The van der Waals surface area contributed by atoms with Gasteiger partial charge in [-0.3, -0.25) is 10.9 Å². The molecule has 0 radical (unpaired) electrons. The average Bonchev–Trinajstić information content (AvgIpc) is 2.05. The van der Waals surface area contributed by atoms with Crippen molar-refractivity contribution >= 4 is 0 Å². The van der Waals surface area contributed by atoms with Crippen molar-refractivity contribution in [3.8, 4) is 0 Å². The first-order chi connectivity index (χ1) is 6.05. The van der Waals surface area contributed by atoms with E-state index < -0.39 is 0 Å². The van der Waals surface area contributed by atoms with Crippen LogP contribution in [0.25, 0.3) is 0 Å². The molecule has 3 nitrogen and oxygen atoms in total. The highest BCUT2D eigenvalue weighted by atomic mass is 15.3. The second kappa shape index (κ2) is 6.35. The van der Waals surface area contributed by atoms with Crippen LogP contribution in [0.3, 0.4) is 0 Å². The van der Waals surface area contributed by atoms with Crippen LogP contribution in [-0.4, -0.2) is 25.7 Å². The monoisotopic (exact) mass is 187 g/mol. The molecule has 0 rings (SSSR count). The number of hydrogen-bond acceptors (Lipinski definition) is 3. The predicted octanol–water partition coefficient (Wildman–Crippen LogP) is 1.27. The molecule has 3 N–H and O–H groups in total. The number of rotatable bonds is 7. The summed E-state index contributed by atoms with van der Waals surface area (Å²) in [6.07, 6.45) is 3.57. The molecule has 1 atom stereocenters. The van der Waals surface area contributed by atoms with Gasteiger partial charge in [-0.05, 0) is 40.8 Å². The average molecular weight is 187 g/mol. The van der Waals surface area contributed by atoms with Crippen molar-refractivity contribution in [2.24, 2.45) is 0 Å². The summed E-state index contributed by atoms with van der Waals surface area (Å²) in [6, 6.07) is 0.553. The Bertz CT molecular complexity index is 117. The van der Waals surface area contributed by atoms with E-state index in [9.17, 15) is 0 Å². The Balaban J connectivity index is 3.92. The summed E-state index contributed by atoms with van der Waals surface area (Å²) in [6.45, 7) is 6.68. The van der Waals surface area contributed by atoms with Crippen LogP contribution in [0.1, 0.15) is 40.0 Å². The van der Waals surface area contributed by atoms with Crippen molar-refractivity contribution in [1.29, 1.82) is 0 Å². The summed E-state index contributed by atoms with van der Waals surface area (Å²) in [7, 11) is 3.94. The van der Waals surface area contributed by atoms with E-state index in [1.54, 1.807) is 0 Å². The third kappa shape index (κ3) is 6.02. The minimum absolute atomic E-state index is 0.212. The molecule has 0 bridgehead atoms. The van der Waals surface area contributed by atoms with E-state index in [4.69, 9.17) is 0 Å². The lowest BCUT2D eigenvalue weighted by Gasteiger charge is -2.29. The molecule has 80 valence electrons. The Labute approximate surface area is 82.6 Å². The zero-order valence-corrected chi connectivity index (χ0v) is 9.70. The van der Waals surface area contributed by atoms with Gasteiger partial charge < -0.3 is 5.32 Å². The molecule has 0 heterocycles. The van der Waals surface area contributed by atoms with E-state index in [0.29, 0.717) is 6.04 Å². The summed E-state index contributed by atoms with van der Waals surface area (Å²) < 4.78 is 0. The SMILES string of the molecule is CCCC(CC(C)(C)NC)NNC. The van der Waals surface area contributed by atoms with Crippen LogP contribution in [-0.2, 0) is 0 Å². The van der Waals surface area contributed by atoms with Crippen molar-refractivity contribution in [3.63, 3.8) is 0 Å². The quantitative estimate of drug-likeness (QED) is 0.525. The van der Waals surface area contributed by atoms with Crippen LogP contribution < -0.4 is 16.2 Å². The molecule has 0 spiro atoms. The molecule has 0 aromatic carbocycles. The third-order valence-electron chi connectivity index (χ3n) is 2.42. The van der Waals surface area contributed by atoms with Gasteiger partial charge in [0, 0.05) is 11.6 Å². The van der Waals surface area contributed by atoms with Crippen LogP contribution in [0, 0.1) is 0 Å². The summed E-state index contributed by atoms with van der Waals surface area (Å²) in [5.74, 6) is 0. The molecule has 0 fully saturated rings. The maximum absolute atomic E-state index is 3.32. The van der Waals surface area contributed by atoms with E-state index in [1.807, 2.05) is 14.1 Å². The summed E-state index contributed by atoms with van der Waals surface area (Å²) in [5, 5.41) is 3.32. The lowest BCUT2D eigenvalue weighted by Crippen LogP contribution is -2.47. The highest BCUT2D eigenvalue weighted by molar-refractivity contribution is 4.81. The molecule has 0 aliphatic heterocycles. The molecule has 0 aromatic rings. The third-order valence-corrected chi connectivity index (χ3v) is 2.42. The predicted molar refractivity (Wildman–Crippen MR) is 58.6 cm³/mol. The Kier molecular flexibility index (Phi) is 6.29. The highest BCUT2D eigenvalue weighted by Gasteiger charge is 2.20. The van der Waals surface area contributed by atoms with Gasteiger partial charge in [-0.15, -0.1) is 0 Å². The van der Waals surface area contributed by atoms with Crippen molar-refractivity contribution < 1.29 is 0 Å². The smallest absolute Gasteiger partial charge is 0.0230 e. The maximum atomic E-state index is 3.32. The van der Waals surface area contributed by atoms with Crippen molar-refractivity contribution in [2.75, 3.05) is 14.1 Å². The van der Waals surface area contributed by atoms with Gasteiger partial charge in [0.25, 0.3) is 0 Å². The first-order valence-corrected chi connectivity index (χ1v) is 5.17. The van der Waals surface area contributed by atoms with Crippen molar-refractivity contribution in [1.82, 2.24) is 16.2 Å². The van der Waals surface area contributed by atoms with Gasteiger partial charge >= 0.3 is 0 Å². The zero-order chi connectivity index (χ0) is 10.3. The van der Waals surface area contributed by atoms with E-state index in [-0.39, 0.29) is 5.54 Å². The summed E-state index contributed by atoms with van der Waals surface area (Å²) >= 11 is 0. The molecule has 13 heavy (non-hydrogen) atoms. The van der Waals surface area contributed by atoms with Gasteiger partial charge in [0.05, 0.1) is 0 Å². The van der Waals surface area contributed by atoms with Crippen molar-refractivity contribution in [3.05, 3.63) is 0 Å². The van der Waals surface area contributed by atoms with Crippen LogP contribution in [0.4, 0.5) is 0 Å². The van der Waals surface area contributed by atoms with Crippen LogP contribution in [0.15, 0.2) is 0 Å². The van der Waals surface area contributed by atoms with Crippen molar-refractivity contribution in [2.45, 2.75) is 51.6 Å². The Morgan fingerprint density at radius 2 is 1.85 bits per heavy atom. The molecular weight excluding hydrogens is 162 g/mol. The molecule has 0 aliphatic carbocycles. The Hall–Kier alpha value is -0.120. The number of nitrogens with one attached hydrogen (secondary N) is 3. The second-order valence-corrected chi connectivity index (χ2v) is 4.22. The van der Waals surface area contributed by atoms with Gasteiger partial charge in [0.1, 0.15) is 0 Å². The molecule has 0 saturated heterocycles. The van der Waals surface area contributed by atoms with E-state index in [0.717, 1.165) is 6.42 Å². The molecule has 0 aliphatic rings. The molecule has 0 amide bonds. The fourth-order valence-corrected chi connectivity index (χ4v) is 1.50. The Morgan fingerprint density at radius 1 is 1.23 bits per heavy atom. The lowest BCUT2D eigenvalue weighted by molar-refractivity contribution is 0.300. The van der Waals surface area contributed by atoms with Gasteiger partial charge in [-0.1, -0.05) is 13.3 Å². The van der Waals surface area contributed by atoms with Gasteiger partial charge in [-0.2, -0.15) is 0 Å². The first kappa shape index (κ1) is 12.9. The summed E-state index contributed by atoms with van der Waals surface area (Å²) in [5.41, 5.74) is 6.52. The Morgan fingerprint density at radius 3 is 2.23 bits per heavy atom. The largest absolute Gasteiger partial charge is 0.315 e. The molecule has 0 aromatic heterocycles. The van der Waals surface area contributed by atoms with Gasteiger partial charge in [0.2, 0.25) is 0 Å². The van der Waals surface area contributed by atoms with Gasteiger partial charge in [-0.25, -0.2) is 0 Å². The summed E-state index contributed by atoms with van der Waals surface area (Å²) in [4.78, 5) is 0.